The highest BCUT2D eigenvalue weighted by Crippen LogP contribution is 2.58. The largest absolute Gasteiger partial charge is 0.466 e. The van der Waals surface area contributed by atoms with Gasteiger partial charge in [-0.25, -0.2) is 4.79 Å². The van der Waals surface area contributed by atoms with E-state index in [1.54, 1.807) is 44.6 Å². The van der Waals surface area contributed by atoms with Crippen molar-refractivity contribution in [2.45, 2.75) is 45.4 Å². The van der Waals surface area contributed by atoms with Crippen LogP contribution in [0, 0.1) is 23.7 Å². The quantitative estimate of drug-likeness (QED) is 0.420. The Kier molecular flexibility index (Phi) is 11.0. The number of hydrogen-bond acceptors (Lipinski definition) is 4. The first-order valence-corrected chi connectivity index (χ1v) is 7.86. The van der Waals surface area contributed by atoms with Crippen molar-refractivity contribution in [3.63, 3.8) is 0 Å². The topological polar surface area (TPSA) is 60.4 Å². The van der Waals surface area contributed by atoms with Crippen LogP contribution in [-0.4, -0.2) is 19.2 Å². The third-order valence-corrected chi connectivity index (χ3v) is 4.72. The summed E-state index contributed by atoms with van der Waals surface area (Å²) in [6, 6.07) is 0. The van der Waals surface area contributed by atoms with Gasteiger partial charge in [-0.05, 0) is 62.7 Å². The maximum atomic E-state index is 9.84. The molecule has 3 fully saturated rings. The number of esters is 1. The van der Waals surface area contributed by atoms with E-state index < -0.39 is 5.97 Å². The fraction of sp³-hybridized carbons (Fsp3) is 0.667. The van der Waals surface area contributed by atoms with Crippen molar-refractivity contribution in [2.75, 3.05) is 7.11 Å². The molecule has 0 aromatic carbocycles. The van der Waals surface area contributed by atoms with Gasteiger partial charge in [-0.3, -0.25) is 0 Å². The second-order valence-corrected chi connectivity index (χ2v) is 5.81. The second kappa shape index (κ2) is 11.9. The molecular formula is C18H28O4. The summed E-state index contributed by atoms with van der Waals surface area (Å²) in [4.78, 5) is 26.1. The first-order valence-electron chi connectivity index (χ1n) is 7.86. The Labute approximate surface area is 133 Å². The van der Waals surface area contributed by atoms with Gasteiger partial charge in [0.05, 0.1) is 7.11 Å². The molecular weight excluding hydrogens is 280 g/mol. The van der Waals surface area contributed by atoms with Crippen LogP contribution in [0.15, 0.2) is 25.3 Å². The molecule has 4 nitrogen and oxygen atoms in total. The van der Waals surface area contributed by atoms with Gasteiger partial charge < -0.3 is 4.74 Å². The number of rotatable bonds is 1. The zero-order valence-corrected chi connectivity index (χ0v) is 13.8. The number of carbonyl (C=O) groups excluding carboxylic acids is 3. The van der Waals surface area contributed by atoms with Gasteiger partial charge in [-0.1, -0.05) is 19.1 Å². The zero-order chi connectivity index (χ0) is 17.0. The third-order valence-electron chi connectivity index (χ3n) is 4.72. The molecule has 4 unspecified atom stereocenters. The molecule has 22 heavy (non-hydrogen) atoms. The smallest absolute Gasteiger partial charge is 0.373 e. The molecule has 2 bridgehead atoms. The molecule has 0 aromatic heterocycles. The van der Waals surface area contributed by atoms with Gasteiger partial charge >= 0.3 is 12.1 Å². The van der Waals surface area contributed by atoms with Crippen LogP contribution in [-0.2, 0) is 19.1 Å². The monoisotopic (exact) mass is 308 g/mol. The Morgan fingerprint density at radius 1 is 1.09 bits per heavy atom. The Morgan fingerprint density at radius 3 is 1.77 bits per heavy atom. The maximum Gasteiger partial charge on any atom is 0.373 e. The van der Waals surface area contributed by atoms with Gasteiger partial charge in [0.15, 0.2) is 0 Å². The predicted octanol–water partition coefficient (Wildman–Crippen LogP) is 3.79. The molecule has 0 amide bonds. The third kappa shape index (κ3) is 6.40. The zero-order valence-electron chi connectivity index (χ0n) is 13.8. The average molecular weight is 308 g/mol. The van der Waals surface area contributed by atoms with E-state index in [-0.39, 0.29) is 6.15 Å². The standard InChI is InChI=1S/C10H16.C4H6O2.C3H6.CO2/c1-2-9-7-4-5-8(6-7)10(9)3-1;1-3-4(5)6-2;1-3-2;2-1-3/h7-10H,1-6H2;3H,1H2,2H3;3H,1H2,2H3;. The first kappa shape index (κ1) is 20.3. The molecule has 0 heterocycles. The number of allylic oxidation sites excluding steroid dienone is 1. The van der Waals surface area contributed by atoms with Crippen LogP contribution >= 0.6 is 0 Å². The van der Waals surface area contributed by atoms with Crippen molar-refractivity contribution in [3.8, 4) is 0 Å². The van der Waals surface area contributed by atoms with Crippen LogP contribution in [0.5, 0.6) is 0 Å². The van der Waals surface area contributed by atoms with Gasteiger partial charge in [-0.15, -0.1) is 6.58 Å². The summed E-state index contributed by atoms with van der Waals surface area (Å²) in [5.74, 6) is 4.41. The first-order chi connectivity index (χ1) is 10.6. The SMILES string of the molecule is C1CC2C3CCC(C3)C2C1.C=CC.C=CC(=O)OC.O=C=O. The van der Waals surface area contributed by atoms with E-state index in [1.165, 1.54) is 30.8 Å². The van der Waals surface area contributed by atoms with Crippen molar-refractivity contribution in [3.05, 3.63) is 25.3 Å². The fourth-order valence-electron chi connectivity index (χ4n) is 4.10. The van der Waals surface area contributed by atoms with E-state index >= 15 is 0 Å². The molecule has 3 saturated carbocycles. The Bertz CT molecular complexity index is 367. The fourth-order valence-corrected chi connectivity index (χ4v) is 4.10. The van der Waals surface area contributed by atoms with Crippen molar-refractivity contribution in [2.24, 2.45) is 23.7 Å². The van der Waals surface area contributed by atoms with Crippen LogP contribution in [0.1, 0.15) is 45.4 Å². The van der Waals surface area contributed by atoms with Crippen LogP contribution in [0.2, 0.25) is 0 Å². The van der Waals surface area contributed by atoms with E-state index in [4.69, 9.17) is 9.59 Å². The molecule has 0 N–H and O–H groups in total. The lowest BCUT2D eigenvalue weighted by Gasteiger charge is -2.23. The highest BCUT2D eigenvalue weighted by atomic mass is 16.5. The lowest BCUT2D eigenvalue weighted by molar-refractivity contribution is -0.191. The van der Waals surface area contributed by atoms with E-state index in [9.17, 15) is 4.79 Å². The maximum absolute atomic E-state index is 9.84. The molecule has 3 rings (SSSR count). The molecule has 3 aliphatic carbocycles. The number of methoxy groups -OCH3 is 1. The van der Waals surface area contributed by atoms with E-state index in [2.05, 4.69) is 17.9 Å². The van der Waals surface area contributed by atoms with Crippen molar-refractivity contribution < 1.29 is 19.1 Å². The molecule has 0 radical (unpaired) electrons. The molecule has 4 heteroatoms. The normalized spacial score (nSPS) is 29.0. The number of hydrogen-bond donors (Lipinski definition) is 0. The van der Waals surface area contributed by atoms with Crippen LogP contribution < -0.4 is 0 Å². The molecule has 0 spiro atoms. The number of carbonyl (C=O) groups is 1. The minimum absolute atomic E-state index is 0.250. The van der Waals surface area contributed by atoms with Crippen LogP contribution in [0.3, 0.4) is 0 Å². The van der Waals surface area contributed by atoms with Crippen molar-refractivity contribution in [1.29, 1.82) is 0 Å². The van der Waals surface area contributed by atoms with Gasteiger partial charge in [0.1, 0.15) is 0 Å². The molecule has 0 aromatic rings. The predicted molar refractivity (Wildman–Crippen MR) is 84.8 cm³/mol. The number of ether oxygens (including phenoxy) is 1. The lowest BCUT2D eigenvalue weighted by atomic mass is 9.82. The Balaban J connectivity index is 0.000000320. The molecule has 4 atom stereocenters. The van der Waals surface area contributed by atoms with E-state index in [0.29, 0.717) is 0 Å². The highest BCUT2D eigenvalue weighted by molar-refractivity contribution is 5.80. The van der Waals surface area contributed by atoms with E-state index in [0.717, 1.165) is 6.08 Å². The number of fused-ring (bicyclic) bond motifs is 5. The molecule has 124 valence electrons. The highest BCUT2D eigenvalue weighted by Gasteiger charge is 2.48. The lowest BCUT2D eigenvalue weighted by Crippen LogP contribution is -2.15. The van der Waals surface area contributed by atoms with Crippen LogP contribution in [0.4, 0.5) is 0 Å². The second-order valence-electron chi connectivity index (χ2n) is 5.81. The Morgan fingerprint density at radius 2 is 1.50 bits per heavy atom. The van der Waals surface area contributed by atoms with Gasteiger partial charge in [0.2, 0.25) is 0 Å². The summed E-state index contributed by atoms with van der Waals surface area (Å²) in [5.41, 5.74) is 0. The summed E-state index contributed by atoms with van der Waals surface area (Å²) < 4.78 is 4.14. The molecule has 0 aliphatic heterocycles. The van der Waals surface area contributed by atoms with Gasteiger partial charge in [0, 0.05) is 6.08 Å². The molecule has 0 saturated heterocycles. The minimum Gasteiger partial charge on any atom is -0.466 e. The molecule has 3 aliphatic rings. The van der Waals surface area contributed by atoms with Gasteiger partial charge in [-0.2, -0.15) is 9.59 Å². The van der Waals surface area contributed by atoms with E-state index in [1.807, 2.05) is 6.92 Å². The summed E-state index contributed by atoms with van der Waals surface area (Å²) >= 11 is 0. The van der Waals surface area contributed by atoms with Crippen molar-refractivity contribution >= 4 is 12.1 Å². The summed E-state index contributed by atoms with van der Waals surface area (Å²) in [6.45, 7) is 8.41. The minimum atomic E-state index is -0.394. The summed E-state index contributed by atoms with van der Waals surface area (Å²) in [6.07, 6.45) is 12.6. The summed E-state index contributed by atoms with van der Waals surface area (Å²) in [5, 5.41) is 0. The van der Waals surface area contributed by atoms with Gasteiger partial charge in [0.25, 0.3) is 0 Å². The van der Waals surface area contributed by atoms with Crippen molar-refractivity contribution in [1.82, 2.24) is 0 Å². The summed E-state index contributed by atoms with van der Waals surface area (Å²) in [7, 11) is 1.31. The van der Waals surface area contributed by atoms with Crippen LogP contribution in [0.25, 0.3) is 0 Å². The average Bonchev–Trinajstić information content (AvgIpc) is 3.22. The Hall–Kier alpha value is -1.67.